The van der Waals surface area contributed by atoms with Crippen LogP contribution < -0.4 is 5.32 Å². The van der Waals surface area contributed by atoms with E-state index < -0.39 is 12.0 Å². The highest BCUT2D eigenvalue weighted by atomic mass is 16.4. The summed E-state index contributed by atoms with van der Waals surface area (Å²) in [5.41, 5.74) is 2.28. The molecule has 0 aromatic heterocycles. The van der Waals surface area contributed by atoms with Crippen molar-refractivity contribution in [3.05, 3.63) is 35.4 Å². The summed E-state index contributed by atoms with van der Waals surface area (Å²) in [6.07, 6.45) is 0.743. The maximum absolute atomic E-state index is 12.1. The zero-order valence-electron chi connectivity index (χ0n) is 13.2. The lowest BCUT2D eigenvalue weighted by Crippen LogP contribution is -2.41. The molecule has 116 valence electrons. The number of amides is 1. The molecule has 21 heavy (non-hydrogen) atoms. The quantitative estimate of drug-likeness (QED) is 0.811. The van der Waals surface area contributed by atoms with Crippen molar-refractivity contribution in [1.29, 1.82) is 0 Å². The predicted molar refractivity (Wildman–Crippen MR) is 83.2 cm³/mol. The molecule has 0 spiro atoms. The highest BCUT2D eigenvalue weighted by molar-refractivity contribution is 5.83. The average molecular weight is 291 g/mol. The normalized spacial score (nSPS) is 13.8. The second-order valence-electron chi connectivity index (χ2n) is 6.05. The first kappa shape index (κ1) is 17.2. The van der Waals surface area contributed by atoms with Crippen molar-refractivity contribution >= 4 is 11.9 Å². The summed E-state index contributed by atoms with van der Waals surface area (Å²) >= 11 is 0. The van der Waals surface area contributed by atoms with Crippen molar-refractivity contribution in [2.75, 3.05) is 0 Å². The second kappa shape index (κ2) is 7.81. The summed E-state index contributed by atoms with van der Waals surface area (Å²) in [5.74, 6) is -0.890. The molecule has 1 unspecified atom stereocenters. The fourth-order valence-electron chi connectivity index (χ4n) is 2.47. The molecule has 4 nitrogen and oxygen atoms in total. The van der Waals surface area contributed by atoms with Crippen molar-refractivity contribution < 1.29 is 14.7 Å². The van der Waals surface area contributed by atoms with Gasteiger partial charge in [0.1, 0.15) is 6.04 Å². The summed E-state index contributed by atoms with van der Waals surface area (Å²) in [5, 5.41) is 11.8. The monoisotopic (exact) mass is 291 g/mol. The predicted octanol–water partition coefficient (Wildman–Crippen LogP) is 3.10. The molecular formula is C17H25NO3. The van der Waals surface area contributed by atoms with Gasteiger partial charge in [0.05, 0.1) is 0 Å². The van der Waals surface area contributed by atoms with Crippen LogP contribution >= 0.6 is 0 Å². The molecule has 0 aliphatic carbocycles. The third-order valence-electron chi connectivity index (χ3n) is 3.55. The third kappa shape index (κ3) is 5.58. The highest BCUT2D eigenvalue weighted by Gasteiger charge is 2.22. The minimum absolute atomic E-state index is 0.0692. The summed E-state index contributed by atoms with van der Waals surface area (Å²) in [6, 6.07) is 7.14. The van der Waals surface area contributed by atoms with Gasteiger partial charge in [-0.3, -0.25) is 4.79 Å². The van der Waals surface area contributed by atoms with E-state index in [0.717, 1.165) is 11.1 Å². The number of benzene rings is 1. The van der Waals surface area contributed by atoms with Gasteiger partial charge in [-0.05, 0) is 36.3 Å². The summed E-state index contributed by atoms with van der Waals surface area (Å²) in [6.45, 7) is 7.89. The number of nitrogens with one attached hydrogen (secondary N) is 1. The van der Waals surface area contributed by atoms with Gasteiger partial charge in [-0.15, -0.1) is 0 Å². The standard InChI is InChI=1S/C17H25NO3/c1-11(2)9-15(17(20)21)18-16(19)10-13(4)14-8-6-5-7-12(14)3/h5-8,11,13,15H,9-10H2,1-4H3,(H,18,19)(H,20,21)/t13?,15-/m1/s1. The van der Waals surface area contributed by atoms with Crippen LogP contribution in [0.5, 0.6) is 0 Å². The van der Waals surface area contributed by atoms with Gasteiger partial charge >= 0.3 is 5.97 Å². The van der Waals surface area contributed by atoms with Crippen LogP contribution in [-0.2, 0) is 9.59 Å². The molecule has 0 saturated carbocycles. The maximum Gasteiger partial charge on any atom is 0.326 e. The minimum atomic E-state index is -0.972. The molecule has 0 saturated heterocycles. The summed E-state index contributed by atoms with van der Waals surface area (Å²) in [7, 11) is 0. The first-order valence-electron chi connectivity index (χ1n) is 7.39. The molecule has 2 atom stereocenters. The third-order valence-corrected chi connectivity index (χ3v) is 3.55. The van der Waals surface area contributed by atoms with Crippen molar-refractivity contribution in [2.45, 2.75) is 52.5 Å². The topological polar surface area (TPSA) is 66.4 Å². The summed E-state index contributed by atoms with van der Waals surface area (Å²) < 4.78 is 0. The number of carbonyl (C=O) groups excluding carboxylic acids is 1. The molecule has 1 amide bonds. The van der Waals surface area contributed by atoms with Crippen molar-refractivity contribution in [2.24, 2.45) is 5.92 Å². The van der Waals surface area contributed by atoms with E-state index >= 15 is 0 Å². The van der Waals surface area contributed by atoms with Crippen LogP contribution in [0.1, 0.15) is 50.7 Å². The van der Waals surface area contributed by atoms with Gasteiger partial charge in [-0.2, -0.15) is 0 Å². The number of hydrogen-bond acceptors (Lipinski definition) is 2. The lowest BCUT2D eigenvalue weighted by atomic mass is 9.93. The van der Waals surface area contributed by atoms with Crippen LogP contribution in [0.2, 0.25) is 0 Å². The molecule has 0 aliphatic rings. The molecule has 0 radical (unpaired) electrons. The molecule has 1 rings (SSSR count). The minimum Gasteiger partial charge on any atom is -0.480 e. The Hall–Kier alpha value is -1.84. The number of rotatable bonds is 7. The maximum atomic E-state index is 12.1. The number of aliphatic carboxylic acids is 1. The van der Waals surface area contributed by atoms with Gasteiger partial charge < -0.3 is 10.4 Å². The highest BCUT2D eigenvalue weighted by Crippen LogP contribution is 2.22. The zero-order chi connectivity index (χ0) is 16.0. The Morgan fingerprint density at radius 1 is 1.19 bits per heavy atom. The van der Waals surface area contributed by atoms with Crippen LogP contribution in [0.4, 0.5) is 0 Å². The van der Waals surface area contributed by atoms with Gasteiger partial charge in [0.2, 0.25) is 5.91 Å². The van der Waals surface area contributed by atoms with E-state index in [1.54, 1.807) is 0 Å². The van der Waals surface area contributed by atoms with Gasteiger partial charge in [-0.25, -0.2) is 4.79 Å². The molecule has 1 aromatic rings. The van der Waals surface area contributed by atoms with Crippen LogP contribution in [0.3, 0.4) is 0 Å². The van der Waals surface area contributed by atoms with Crippen LogP contribution in [0.25, 0.3) is 0 Å². The Balaban J connectivity index is 2.64. The van der Waals surface area contributed by atoms with Gasteiger partial charge in [0.15, 0.2) is 0 Å². The first-order valence-corrected chi connectivity index (χ1v) is 7.39. The molecule has 2 N–H and O–H groups in total. The van der Waals surface area contributed by atoms with E-state index in [9.17, 15) is 9.59 Å². The molecule has 4 heteroatoms. The largest absolute Gasteiger partial charge is 0.480 e. The molecule has 0 aliphatic heterocycles. The lowest BCUT2D eigenvalue weighted by Gasteiger charge is -2.19. The Kier molecular flexibility index (Phi) is 6.40. The van der Waals surface area contributed by atoms with E-state index in [4.69, 9.17) is 5.11 Å². The zero-order valence-corrected chi connectivity index (χ0v) is 13.2. The van der Waals surface area contributed by atoms with E-state index in [1.165, 1.54) is 0 Å². The lowest BCUT2D eigenvalue weighted by molar-refractivity contribution is -0.142. The van der Waals surface area contributed by atoms with E-state index in [1.807, 2.05) is 52.0 Å². The fourth-order valence-corrected chi connectivity index (χ4v) is 2.47. The Bertz CT molecular complexity index is 497. The fraction of sp³-hybridized carbons (Fsp3) is 0.529. The molecule has 0 bridgehead atoms. The van der Waals surface area contributed by atoms with E-state index in [0.29, 0.717) is 12.8 Å². The van der Waals surface area contributed by atoms with Crippen molar-refractivity contribution in [3.8, 4) is 0 Å². The molecular weight excluding hydrogens is 266 g/mol. The van der Waals surface area contributed by atoms with Crippen LogP contribution in [-0.4, -0.2) is 23.0 Å². The molecule has 1 aromatic carbocycles. The SMILES string of the molecule is Cc1ccccc1C(C)CC(=O)N[C@H](CC(C)C)C(=O)O. The molecule has 0 fully saturated rings. The van der Waals surface area contributed by atoms with Crippen molar-refractivity contribution in [1.82, 2.24) is 5.32 Å². The molecule has 0 heterocycles. The van der Waals surface area contributed by atoms with Gasteiger partial charge in [-0.1, -0.05) is 45.0 Å². The van der Waals surface area contributed by atoms with Crippen LogP contribution in [0, 0.1) is 12.8 Å². The number of aryl methyl sites for hydroxylation is 1. The smallest absolute Gasteiger partial charge is 0.326 e. The van der Waals surface area contributed by atoms with Gasteiger partial charge in [0, 0.05) is 6.42 Å². The Morgan fingerprint density at radius 2 is 1.81 bits per heavy atom. The Labute approximate surface area is 126 Å². The van der Waals surface area contributed by atoms with Crippen LogP contribution in [0.15, 0.2) is 24.3 Å². The number of carboxylic acids is 1. The van der Waals surface area contributed by atoms with Crippen molar-refractivity contribution in [3.63, 3.8) is 0 Å². The number of hydrogen-bond donors (Lipinski definition) is 2. The second-order valence-corrected chi connectivity index (χ2v) is 6.05. The van der Waals surface area contributed by atoms with Gasteiger partial charge in [0.25, 0.3) is 0 Å². The summed E-state index contributed by atoms with van der Waals surface area (Å²) in [4.78, 5) is 23.2. The first-order chi connectivity index (χ1) is 9.81. The van der Waals surface area contributed by atoms with E-state index in [-0.39, 0.29) is 17.7 Å². The van der Waals surface area contributed by atoms with E-state index in [2.05, 4.69) is 5.32 Å². The Morgan fingerprint density at radius 3 is 2.33 bits per heavy atom. The average Bonchev–Trinajstić information content (AvgIpc) is 2.37. The number of carbonyl (C=O) groups is 2. The number of carboxylic acid groups (broad SMARTS) is 1.